The van der Waals surface area contributed by atoms with E-state index >= 15 is 0 Å². The third-order valence-electron chi connectivity index (χ3n) is 4.93. The Kier molecular flexibility index (Phi) is 7.28. The first-order chi connectivity index (χ1) is 14.4. The standard InChI is InChI=1S/C22H22ClN3O4/c23-19-5-6-20(30-15-22(28)29)18(12-19)14-25-7-9-26(10-8-25)21(27)11-16-1-3-17(13-24)4-2-16/h1-6,12H,7-11,14-15H2,(H,28,29). The van der Waals surface area contributed by atoms with E-state index in [4.69, 9.17) is 26.7 Å². The van der Waals surface area contributed by atoms with Crippen molar-refractivity contribution in [1.82, 2.24) is 9.80 Å². The SMILES string of the molecule is N#Cc1ccc(CC(=O)N2CCN(Cc3cc(Cl)ccc3OCC(=O)O)CC2)cc1. The number of carbonyl (C=O) groups excluding carboxylic acids is 1. The van der Waals surface area contributed by atoms with Crippen molar-refractivity contribution in [3.05, 3.63) is 64.2 Å². The zero-order chi connectivity index (χ0) is 21.5. The van der Waals surface area contributed by atoms with Crippen molar-refractivity contribution >= 4 is 23.5 Å². The smallest absolute Gasteiger partial charge is 0.341 e. The Morgan fingerprint density at radius 2 is 1.80 bits per heavy atom. The van der Waals surface area contributed by atoms with E-state index in [1.54, 1.807) is 30.3 Å². The highest BCUT2D eigenvalue weighted by atomic mass is 35.5. The third kappa shape index (κ3) is 5.96. The van der Waals surface area contributed by atoms with Gasteiger partial charge < -0.3 is 14.7 Å². The fourth-order valence-corrected chi connectivity index (χ4v) is 3.53. The lowest BCUT2D eigenvalue weighted by Gasteiger charge is -2.35. The van der Waals surface area contributed by atoms with Gasteiger partial charge in [0.1, 0.15) is 5.75 Å². The molecule has 1 heterocycles. The van der Waals surface area contributed by atoms with Crippen molar-refractivity contribution < 1.29 is 19.4 Å². The van der Waals surface area contributed by atoms with Crippen molar-refractivity contribution in [3.8, 4) is 11.8 Å². The average molecular weight is 428 g/mol. The number of aliphatic carboxylic acids is 1. The Morgan fingerprint density at radius 1 is 1.10 bits per heavy atom. The largest absolute Gasteiger partial charge is 0.482 e. The van der Waals surface area contributed by atoms with Gasteiger partial charge in [-0.2, -0.15) is 5.26 Å². The van der Waals surface area contributed by atoms with Crippen LogP contribution in [0.3, 0.4) is 0 Å². The van der Waals surface area contributed by atoms with Gasteiger partial charge in [0.25, 0.3) is 0 Å². The van der Waals surface area contributed by atoms with E-state index in [9.17, 15) is 9.59 Å². The quantitative estimate of drug-likeness (QED) is 0.729. The van der Waals surface area contributed by atoms with E-state index in [-0.39, 0.29) is 5.91 Å². The summed E-state index contributed by atoms with van der Waals surface area (Å²) in [5, 5.41) is 18.3. The van der Waals surface area contributed by atoms with E-state index in [1.807, 2.05) is 17.0 Å². The van der Waals surface area contributed by atoms with Crippen LogP contribution in [0.5, 0.6) is 5.75 Å². The zero-order valence-electron chi connectivity index (χ0n) is 16.4. The number of ether oxygens (including phenoxy) is 1. The number of hydrogen-bond acceptors (Lipinski definition) is 5. The molecule has 0 spiro atoms. The van der Waals surface area contributed by atoms with Gasteiger partial charge in [0, 0.05) is 43.3 Å². The van der Waals surface area contributed by atoms with Crippen molar-refractivity contribution in [2.45, 2.75) is 13.0 Å². The lowest BCUT2D eigenvalue weighted by atomic mass is 10.1. The molecule has 0 aliphatic carbocycles. The van der Waals surface area contributed by atoms with Crippen LogP contribution in [-0.2, 0) is 22.6 Å². The summed E-state index contributed by atoms with van der Waals surface area (Å²) >= 11 is 6.10. The number of amides is 1. The molecular weight excluding hydrogens is 406 g/mol. The normalized spacial score (nSPS) is 14.2. The number of nitrogens with zero attached hydrogens (tertiary/aromatic N) is 3. The van der Waals surface area contributed by atoms with E-state index < -0.39 is 12.6 Å². The van der Waals surface area contributed by atoms with Crippen LogP contribution < -0.4 is 4.74 Å². The molecule has 2 aromatic rings. The Labute approximate surface area is 180 Å². The number of carbonyl (C=O) groups is 2. The topological polar surface area (TPSA) is 93.9 Å². The van der Waals surface area contributed by atoms with Crippen LogP contribution >= 0.6 is 11.6 Å². The van der Waals surface area contributed by atoms with Crippen LogP contribution in [0.2, 0.25) is 5.02 Å². The minimum absolute atomic E-state index is 0.0626. The maximum absolute atomic E-state index is 12.6. The number of benzene rings is 2. The molecule has 0 saturated carbocycles. The molecule has 1 N–H and O–H groups in total. The third-order valence-corrected chi connectivity index (χ3v) is 5.17. The number of carboxylic acids is 1. The fraction of sp³-hybridized carbons (Fsp3) is 0.318. The monoisotopic (exact) mass is 427 g/mol. The molecule has 1 fully saturated rings. The van der Waals surface area contributed by atoms with Gasteiger partial charge in [-0.25, -0.2) is 4.79 Å². The average Bonchev–Trinajstić information content (AvgIpc) is 2.74. The lowest BCUT2D eigenvalue weighted by Crippen LogP contribution is -2.48. The Hall–Kier alpha value is -3.08. The van der Waals surface area contributed by atoms with Gasteiger partial charge in [0.05, 0.1) is 18.1 Å². The molecule has 7 nitrogen and oxygen atoms in total. The van der Waals surface area contributed by atoms with Gasteiger partial charge in [0.2, 0.25) is 5.91 Å². The van der Waals surface area contributed by atoms with Crippen LogP contribution in [0.25, 0.3) is 0 Å². The summed E-state index contributed by atoms with van der Waals surface area (Å²) in [7, 11) is 0. The summed E-state index contributed by atoms with van der Waals surface area (Å²) in [6.45, 7) is 2.77. The highest BCUT2D eigenvalue weighted by Gasteiger charge is 2.22. The van der Waals surface area contributed by atoms with Crippen LogP contribution in [0, 0.1) is 11.3 Å². The molecule has 8 heteroatoms. The molecule has 156 valence electrons. The highest BCUT2D eigenvalue weighted by Crippen LogP contribution is 2.25. The predicted octanol–water partition coefficient (Wildman–Crippen LogP) is 2.56. The van der Waals surface area contributed by atoms with Gasteiger partial charge >= 0.3 is 5.97 Å². The number of hydrogen-bond donors (Lipinski definition) is 1. The molecule has 0 atom stereocenters. The number of nitriles is 1. The van der Waals surface area contributed by atoms with Crippen molar-refractivity contribution in [1.29, 1.82) is 5.26 Å². The fourth-order valence-electron chi connectivity index (χ4n) is 3.33. The second-order valence-corrected chi connectivity index (χ2v) is 7.51. The Bertz CT molecular complexity index is 948. The Morgan fingerprint density at radius 3 is 2.43 bits per heavy atom. The van der Waals surface area contributed by atoms with Gasteiger partial charge in [-0.15, -0.1) is 0 Å². The number of halogens is 1. The summed E-state index contributed by atoms with van der Waals surface area (Å²) in [6, 6.07) is 14.3. The molecule has 0 unspecified atom stereocenters. The number of piperazine rings is 1. The van der Waals surface area contributed by atoms with Crippen molar-refractivity contribution in [3.63, 3.8) is 0 Å². The first-order valence-electron chi connectivity index (χ1n) is 9.57. The Balaban J connectivity index is 1.54. The van der Waals surface area contributed by atoms with Gasteiger partial charge in [-0.05, 0) is 35.9 Å². The molecular formula is C22H22ClN3O4. The summed E-state index contributed by atoms with van der Waals surface area (Å²) in [6.07, 6.45) is 0.313. The first-order valence-corrected chi connectivity index (χ1v) is 9.94. The molecule has 0 aromatic heterocycles. The molecule has 1 amide bonds. The summed E-state index contributed by atoms with van der Waals surface area (Å²) < 4.78 is 5.37. The number of carboxylic acid groups (broad SMARTS) is 1. The van der Waals surface area contributed by atoms with E-state index in [0.717, 1.165) is 11.1 Å². The molecule has 3 rings (SSSR count). The van der Waals surface area contributed by atoms with E-state index in [0.29, 0.717) is 55.5 Å². The molecule has 30 heavy (non-hydrogen) atoms. The van der Waals surface area contributed by atoms with Crippen LogP contribution in [0.1, 0.15) is 16.7 Å². The molecule has 2 aromatic carbocycles. The lowest BCUT2D eigenvalue weighted by molar-refractivity contribution is -0.139. The van der Waals surface area contributed by atoms with Crippen LogP contribution in [0.15, 0.2) is 42.5 Å². The van der Waals surface area contributed by atoms with E-state index in [1.165, 1.54) is 0 Å². The van der Waals surface area contributed by atoms with E-state index in [2.05, 4.69) is 11.0 Å². The van der Waals surface area contributed by atoms with Gasteiger partial charge in [0.15, 0.2) is 6.61 Å². The van der Waals surface area contributed by atoms with Crippen molar-refractivity contribution in [2.75, 3.05) is 32.8 Å². The van der Waals surface area contributed by atoms with Gasteiger partial charge in [-0.3, -0.25) is 9.69 Å². The van der Waals surface area contributed by atoms with Crippen molar-refractivity contribution in [2.24, 2.45) is 0 Å². The summed E-state index contributed by atoms with van der Waals surface area (Å²) in [4.78, 5) is 27.4. The van der Waals surface area contributed by atoms with Gasteiger partial charge in [-0.1, -0.05) is 23.7 Å². The second kappa shape index (κ2) is 10.1. The van der Waals surface area contributed by atoms with Crippen LogP contribution in [0.4, 0.5) is 0 Å². The molecule has 0 bridgehead atoms. The maximum Gasteiger partial charge on any atom is 0.341 e. The molecule has 1 aliphatic rings. The zero-order valence-corrected chi connectivity index (χ0v) is 17.1. The number of rotatable bonds is 7. The first kappa shape index (κ1) is 21.6. The minimum Gasteiger partial charge on any atom is -0.482 e. The van der Waals surface area contributed by atoms with Crippen LogP contribution in [-0.4, -0.2) is 59.6 Å². The molecule has 0 radical (unpaired) electrons. The molecule has 1 saturated heterocycles. The minimum atomic E-state index is -1.04. The highest BCUT2D eigenvalue weighted by molar-refractivity contribution is 6.30. The summed E-state index contributed by atoms with van der Waals surface area (Å²) in [5.74, 6) is -0.473. The summed E-state index contributed by atoms with van der Waals surface area (Å²) in [5.41, 5.74) is 2.29. The predicted molar refractivity (Wildman–Crippen MR) is 111 cm³/mol. The second-order valence-electron chi connectivity index (χ2n) is 7.08. The maximum atomic E-state index is 12.6. The molecule has 1 aliphatic heterocycles.